The van der Waals surface area contributed by atoms with Gasteiger partial charge < -0.3 is 9.69 Å². The molecule has 5 heteroatoms. The van der Waals surface area contributed by atoms with Crippen molar-refractivity contribution in [3.05, 3.63) is 18.0 Å². The van der Waals surface area contributed by atoms with E-state index in [4.69, 9.17) is 0 Å². The number of nitrogens with zero attached hydrogens (tertiary/aromatic N) is 3. The average molecular weight is 219 g/mol. The molecule has 1 saturated heterocycles. The van der Waals surface area contributed by atoms with Gasteiger partial charge in [0.1, 0.15) is 6.29 Å². The van der Waals surface area contributed by atoms with Crippen LogP contribution in [0.3, 0.4) is 0 Å². The van der Waals surface area contributed by atoms with Crippen molar-refractivity contribution in [1.82, 2.24) is 9.97 Å². The number of anilines is 1. The first-order valence-corrected chi connectivity index (χ1v) is 5.31. The van der Waals surface area contributed by atoms with Crippen LogP contribution in [-0.4, -0.2) is 35.6 Å². The Balaban J connectivity index is 2.02. The second kappa shape index (κ2) is 4.83. The summed E-state index contributed by atoms with van der Waals surface area (Å²) in [7, 11) is 0. The SMILES string of the molecule is O=Cc1cnc(N2CCC(C=O)CC2)nc1. The van der Waals surface area contributed by atoms with Crippen molar-refractivity contribution in [3.63, 3.8) is 0 Å². The first-order chi connectivity index (χ1) is 7.83. The lowest BCUT2D eigenvalue weighted by molar-refractivity contribution is -0.111. The van der Waals surface area contributed by atoms with E-state index in [0.717, 1.165) is 38.5 Å². The minimum atomic E-state index is 0.172. The summed E-state index contributed by atoms with van der Waals surface area (Å²) >= 11 is 0. The normalized spacial score (nSPS) is 17.1. The molecule has 2 rings (SSSR count). The van der Waals surface area contributed by atoms with Gasteiger partial charge in [0.05, 0.1) is 5.56 Å². The van der Waals surface area contributed by atoms with Gasteiger partial charge in [0.25, 0.3) is 0 Å². The van der Waals surface area contributed by atoms with E-state index in [2.05, 4.69) is 9.97 Å². The molecule has 16 heavy (non-hydrogen) atoms. The minimum absolute atomic E-state index is 0.172. The molecule has 0 bridgehead atoms. The van der Waals surface area contributed by atoms with Crippen molar-refractivity contribution in [3.8, 4) is 0 Å². The molecule has 84 valence electrons. The van der Waals surface area contributed by atoms with Crippen LogP contribution in [0.25, 0.3) is 0 Å². The average Bonchev–Trinajstić information content (AvgIpc) is 2.39. The number of aromatic nitrogens is 2. The maximum atomic E-state index is 10.6. The highest BCUT2D eigenvalue weighted by atomic mass is 16.1. The van der Waals surface area contributed by atoms with E-state index in [1.54, 1.807) is 0 Å². The molecule has 0 aromatic carbocycles. The Hall–Kier alpha value is -1.78. The molecule has 0 amide bonds. The maximum Gasteiger partial charge on any atom is 0.225 e. The van der Waals surface area contributed by atoms with Crippen LogP contribution in [0.15, 0.2) is 12.4 Å². The molecule has 0 N–H and O–H groups in total. The quantitative estimate of drug-likeness (QED) is 0.700. The zero-order chi connectivity index (χ0) is 11.4. The summed E-state index contributed by atoms with van der Waals surface area (Å²) in [6.45, 7) is 1.59. The van der Waals surface area contributed by atoms with Crippen molar-refractivity contribution < 1.29 is 9.59 Å². The number of carbonyl (C=O) groups excluding carboxylic acids is 2. The highest BCUT2D eigenvalue weighted by Crippen LogP contribution is 2.18. The third-order valence-electron chi connectivity index (χ3n) is 2.81. The van der Waals surface area contributed by atoms with Gasteiger partial charge >= 0.3 is 0 Å². The van der Waals surface area contributed by atoms with Crippen molar-refractivity contribution in [1.29, 1.82) is 0 Å². The van der Waals surface area contributed by atoms with Crippen molar-refractivity contribution >= 4 is 18.5 Å². The summed E-state index contributed by atoms with van der Waals surface area (Å²) in [5, 5.41) is 0. The van der Waals surface area contributed by atoms with Crippen LogP contribution < -0.4 is 4.90 Å². The van der Waals surface area contributed by atoms with Crippen molar-refractivity contribution in [2.75, 3.05) is 18.0 Å². The number of carbonyl (C=O) groups is 2. The lowest BCUT2D eigenvalue weighted by Crippen LogP contribution is -2.35. The fourth-order valence-corrected chi connectivity index (χ4v) is 1.79. The summed E-state index contributed by atoms with van der Waals surface area (Å²) in [6, 6.07) is 0. The molecule has 1 fully saturated rings. The van der Waals surface area contributed by atoms with Crippen LogP contribution in [0, 0.1) is 5.92 Å². The Morgan fingerprint density at radius 3 is 2.31 bits per heavy atom. The van der Waals surface area contributed by atoms with Crippen molar-refractivity contribution in [2.24, 2.45) is 5.92 Å². The number of hydrogen-bond donors (Lipinski definition) is 0. The number of aldehydes is 2. The zero-order valence-electron chi connectivity index (χ0n) is 8.87. The van der Waals surface area contributed by atoms with Gasteiger partial charge in [-0.05, 0) is 12.8 Å². The Labute approximate surface area is 93.5 Å². The zero-order valence-corrected chi connectivity index (χ0v) is 8.87. The largest absolute Gasteiger partial charge is 0.341 e. The van der Waals surface area contributed by atoms with Crippen LogP contribution in [0.2, 0.25) is 0 Å². The van der Waals surface area contributed by atoms with E-state index in [0.29, 0.717) is 11.5 Å². The van der Waals surface area contributed by atoms with Gasteiger partial charge in [-0.2, -0.15) is 0 Å². The van der Waals surface area contributed by atoms with Crippen molar-refractivity contribution in [2.45, 2.75) is 12.8 Å². The maximum absolute atomic E-state index is 10.6. The van der Waals surface area contributed by atoms with Gasteiger partial charge in [0.15, 0.2) is 6.29 Å². The molecule has 1 aliphatic heterocycles. The van der Waals surface area contributed by atoms with Crippen LogP contribution in [0.1, 0.15) is 23.2 Å². The van der Waals surface area contributed by atoms with Gasteiger partial charge in [0.2, 0.25) is 5.95 Å². The van der Waals surface area contributed by atoms with Gasteiger partial charge in [0, 0.05) is 31.4 Å². The molecule has 5 nitrogen and oxygen atoms in total. The van der Waals surface area contributed by atoms with Gasteiger partial charge in [-0.25, -0.2) is 9.97 Å². The Morgan fingerprint density at radius 2 is 1.81 bits per heavy atom. The van der Waals surface area contributed by atoms with E-state index in [-0.39, 0.29) is 5.92 Å². The second-order valence-electron chi connectivity index (χ2n) is 3.89. The van der Waals surface area contributed by atoms with E-state index in [1.165, 1.54) is 12.4 Å². The fourth-order valence-electron chi connectivity index (χ4n) is 1.79. The van der Waals surface area contributed by atoms with E-state index < -0.39 is 0 Å². The van der Waals surface area contributed by atoms with Gasteiger partial charge in [-0.3, -0.25) is 4.79 Å². The predicted molar refractivity (Wildman–Crippen MR) is 58.4 cm³/mol. The summed E-state index contributed by atoms with van der Waals surface area (Å²) in [6.07, 6.45) is 6.48. The van der Waals surface area contributed by atoms with Crippen LogP contribution >= 0.6 is 0 Å². The van der Waals surface area contributed by atoms with E-state index in [1.807, 2.05) is 4.90 Å². The van der Waals surface area contributed by atoms with Gasteiger partial charge in [-0.1, -0.05) is 0 Å². The molecule has 0 saturated carbocycles. The third-order valence-corrected chi connectivity index (χ3v) is 2.81. The molecule has 0 atom stereocenters. The highest BCUT2D eigenvalue weighted by molar-refractivity contribution is 5.73. The van der Waals surface area contributed by atoms with Crippen LogP contribution in [0.5, 0.6) is 0 Å². The molecule has 0 aliphatic carbocycles. The Kier molecular flexibility index (Phi) is 3.24. The summed E-state index contributed by atoms with van der Waals surface area (Å²) < 4.78 is 0. The number of piperidine rings is 1. The minimum Gasteiger partial charge on any atom is -0.341 e. The molecular formula is C11H13N3O2. The second-order valence-corrected chi connectivity index (χ2v) is 3.89. The molecule has 0 radical (unpaired) electrons. The van der Waals surface area contributed by atoms with E-state index >= 15 is 0 Å². The fraction of sp³-hybridized carbons (Fsp3) is 0.455. The topological polar surface area (TPSA) is 63.2 Å². The Bertz CT molecular complexity index is 369. The number of rotatable bonds is 3. The van der Waals surface area contributed by atoms with Crippen LogP contribution in [-0.2, 0) is 4.79 Å². The molecule has 1 aliphatic rings. The summed E-state index contributed by atoms with van der Waals surface area (Å²) in [5.74, 6) is 0.806. The third kappa shape index (κ3) is 2.24. The Morgan fingerprint density at radius 1 is 1.19 bits per heavy atom. The van der Waals surface area contributed by atoms with E-state index in [9.17, 15) is 9.59 Å². The summed E-state index contributed by atoms with van der Waals surface area (Å²) in [4.78, 5) is 31.3. The predicted octanol–water partition coefficient (Wildman–Crippen LogP) is 0.704. The molecule has 0 spiro atoms. The highest BCUT2D eigenvalue weighted by Gasteiger charge is 2.20. The lowest BCUT2D eigenvalue weighted by atomic mass is 9.99. The number of hydrogen-bond acceptors (Lipinski definition) is 5. The first-order valence-electron chi connectivity index (χ1n) is 5.31. The molecule has 1 aromatic rings. The monoisotopic (exact) mass is 219 g/mol. The van der Waals surface area contributed by atoms with Crippen LogP contribution in [0.4, 0.5) is 5.95 Å². The molecule has 2 heterocycles. The first kappa shape index (κ1) is 10.7. The smallest absolute Gasteiger partial charge is 0.225 e. The molecular weight excluding hydrogens is 206 g/mol. The standard InChI is InChI=1S/C11H13N3O2/c15-7-9-1-3-14(4-2-9)11-12-5-10(8-16)6-13-11/h5-9H,1-4H2. The molecule has 0 unspecified atom stereocenters. The van der Waals surface area contributed by atoms with Gasteiger partial charge in [-0.15, -0.1) is 0 Å². The summed E-state index contributed by atoms with van der Waals surface area (Å²) in [5.41, 5.74) is 0.478. The lowest BCUT2D eigenvalue weighted by Gasteiger charge is -2.29. The molecule has 1 aromatic heterocycles.